The molecule has 0 saturated heterocycles. The Hall–Kier alpha value is -0.770. The van der Waals surface area contributed by atoms with Gasteiger partial charge in [-0.2, -0.15) is 0 Å². The van der Waals surface area contributed by atoms with Crippen molar-refractivity contribution in [2.75, 3.05) is 6.61 Å². The van der Waals surface area contributed by atoms with Gasteiger partial charge in [0.1, 0.15) is 12.7 Å². The Bertz CT molecular complexity index is 225. The Morgan fingerprint density at radius 1 is 1.69 bits per heavy atom. The van der Waals surface area contributed by atoms with Crippen molar-refractivity contribution in [3.8, 4) is 0 Å². The summed E-state index contributed by atoms with van der Waals surface area (Å²) in [6, 6.07) is 0. The molecule has 0 aromatic carbocycles. The molecule has 0 amide bonds. The summed E-state index contributed by atoms with van der Waals surface area (Å²) >= 11 is 0. The first-order chi connectivity index (χ1) is 5.93. The van der Waals surface area contributed by atoms with Gasteiger partial charge in [-0.3, -0.25) is 0 Å². The molecule has 6 heteroatoms. The lowest BCUT2D eigenvalue weighted by Crippen LogP contribution is -2.16. The van der Waals surface area contributed by atoms with Gasteiger partial charge in [0.05, 0.1) is 0 Å². The number of carbonyl (C=O) groups excluding carboxylic acids is 1. The first-order valence-electron chi connectivity index (χ1n) is 3.59. The lowest BCUT2D eigenvalue weighted by molar-refractivity contribution is -0.141. The average molecular weight is 207 g/mol. The zero-order valence-electron chi connectivity index (χ0n) is 7.52. The topological polar surface area (TPSA) is 72.8 Å². The minimum atomic E-state index is -2.65. The maximum absolute atomic E-state index is 10.8. The standard InChI is InChI=1S/C7H11O5P/c1-5(2)7(8)11-4-6(3)12-13(9)10/h6H,1,4H2,2-3H3/p+1. The predicted molar refractivity (Wildman–Crippen MR) is 46.1 cm³/mol. The van der Waals surface area contributed by atoms with Crippen LogP contribution < -0.4 is 0 Å². The minimum Gasteiger partial charge on any atom is -0.459 e. The fourth-order valence-corrected chi connectivity index (χ4v) is 0.869. The highest BCUT2D eigenvalue weighted by molar-refractivity contribution is 7.32. The van der Waals surface area contributed by atoms with Crippen LogP contribution in [0, 0.1) is 0 Å². The summed E-state index contributed by atoms with van der Waals surface area (Å²) in [5.74, 6) is -0.538. The van der Waals surface area contributed by atoms with Crippen LogP contribution in [-0.4, -0.2) is 23.6 Å². The van der Waals surface area contributed by atoms with Crippen molar-refractivity contribution in [1.29, 1.82) is 0 Å². The second-order valence-electron chi connectivity index (χ2n) is 2.53. The summed E-state index contributed by atoms with van der Waals surface area (Å²) in [5.41, 5.74) is 0.278. The van der Waals surface area contributed by atoms with Crippen LogP contribution in [0.15, 0.2) is 12.2 Å². The first-order valence-corrected chi connectivity index (χ1v) is 4.72. The molecule has 0 fully saturated rings. The second kappa shape index (κ2) is 5.80. The Morgan fingerprint density at radius 2 is 2.23 bits per heavy atom. The molecule has 0 heterocycles. The molecular formula is C7H12O5P+. The maximum Gasteiger partial charge on any atom is 0.695 e. The molecule has 5 nitrogen and oxygen atoms in total. The largest absolute Gasteiger partial charge is 0.695 e. The van der Waals surface area contributed by atoms with Crippen molar-refractivity contribution in [3.05, 3.63) is 12.2 Å². The molecule has 0 radical (unpaired) electrons. The van der Waals surface area contributed by atoms with E-state index in [9.17, 15) is 9.36 Å². The first kappa shape index (κ1) is 12.2. The Kier molecular flexibility index (Phi) is 5.46. The van der Waals surface area contributed by atoms with Gasteiger partial charge in [0, 0.05) is 10.1 Å². The summed E-state index contributed by atoms with van der Waals surface area (Å²) in [4.78, 5) is 19.1. The maximum atomic E-state index is 10.8. The van der Waals surface area contributed by atoms with E-state index in [0.717, 1.165) is 0 Å². The van der Waals surface area contributed by atoms with Crippen LogP contribution in [-0.2, 0) is 18.6 Å². The third-order valence-corrected chi connectivity index (χ3v) is 1.61. The zero-order valence-corrected chi connectivity index (χ0v) is 8.41. The van der Waals surface area contributed by atoms with Crippen molar-refractivity contribution >= 4 is 14.2 Å². The molecule has 0 aromatic heterocycles. The molecule has 13 heavy (non-hydrogen) atoms. The Labute approximate surface area is 77.3 Å². The van der Waals surface area contributed by atoms with Crippen molar-refractivity contribution in [1.82, 2.24) is 0 Å². The van der Waals surface area contributed by atoms with Crippen molar-refractivity contribution in [2.45, 2.75) is 20.0 Å². The van der Waals surface area contributed by atoms with Gasteiger partial charge in [0.25, 0.3) is 0 Å². The van der Waals surface area contributed by atoms with Gasteiger partial charge < -0.3 is 4.74 Å². The van der Waals surface area contributed by atoms with Crippen LogP contribution in [0.25, 0.3) is 0 Å². The number of esters is 1. The molecule has 0 saturated carbocycles. The fourth-order valence-electron chi connectivity index (χ4n) is 0.501. The molecule has 0 spiro atoms. The van der Waals surface area contributed by atoms with E-state index in [0.29, 0.717) is 0 Å². The molecule has 0 aliphatic rings. The van der Waals surface area contributed by atoms with Crippen LogP contribution in [0.5, 0.6) is 0 Å². The van der Waals surface area contributed by atoms with E-state index >= 15 is 0 Å². The highest BCUT2D eigenvalue weighted by Gasteiger charge is 2.20. The summed E-state index contributed by atoms with van der Waals surface area (Å²) in [7, 11) is -2.65. The molecule has 0 bridgehead atoms. The van der Waals surface area contributed by atoms with Gasteiger partial charge in [-0.05, 0) is 13.8 Å². The van der Waals surface area contributed by atoms with Crippen LogP contribution in [0.4, 0.5) is 0 Å². The second-order valence-corrected chi connectivity index (χ2v) is 3.22. The highest BCUT2D eigenvalue weighted by Crippen LogP contribution is 2.17. The normalized spacial score (nSPS) is 13.3. The summed E-state index contributed by atoms with van der Waals surface area (Å²) in [6.45, 7) is 6.35. The zero-order chi connectivity index (χ0) is 10.4. The van der Waals surface area contributed by atoms with E-state index in [2.05, 4.69) is 15.8 Å². The van der Waals surface area contributed by atoms with Gasteiger partial charge in [0.15, 0.2) is 0 Å². The lowest BCUT2D eigenvalue weighted by Gasteiger charge is -2.05. The molecule has 2 atom stereocenters. The van der Waals surface area contributed by atoms with Crippen molar-refractivity contribution in [2.24, 2.45) is 0 Å². The average Bonchev–Trinajstić information content (AvgIpc) is 1.98. The molecule has 0 rings (SSSR count). The van der Waals surface area contributed by atoms with Gasteiger partial charge in [-0.15, -0.1) is 9.42 Å². The number of carbonyl (C=O) groups is 1. The minimum absolute atomic E-state index is 0.0622. The predicted octanol–water partition coefficient (Wildman–Crippen LogP) is 1.16. The van der Waals surface area contributed by atoms with E-state index < -0.39 is 20.3 Å². The van der Waals surface area contributed by atoms with Gasteiger partial charge in [0.2, 0.25) is 0 Å². The number of hydrogen-bond donors (Lipinski definition) is 1. The number of ether oxygens (including phenoxy) is 1. The third-order valence-electron chi connectivity index (χ3n) is 1.07. The van der Waals surface area contributed by atoms with E-state index in [1.54, 1.807) is 0 Å². The summed E-state index contributed by atoms with van der Waals surface area (Å²) < 4.78 is 19.3. The molecule has 0 aromatic rings. The van der Waals surface area contributed by atoms with E-state index in [4.69, 9.17) is 4.89 Å². The molecule has 74 valence electrons. The smallest absolute Gasteiger partial charge is 0.459 e. The molecule has 1 N–H and O–H groups in total. The third kappa shape index (κ3) is 6.40. The van der Waals surface area contributed by atoms with Crippen LogP contribution in [0.3, 0.4) is 0 Å². The summed E-state index contributed by atoms with van der Waals surface area (Å²) in [5, 5.41) is 0. The van der Waals surface area contributed by atoms with Crippen molar-refractivity contribution in [3.63, 3.8) is 0 Å². The van der Waals surface area contributed by atoms with E-state index in [1.807, 2.05) is 0 Å². The SMILES string of the molecule is C=C(C)C(=O)OCC(C)O[P+](=O)O. The molecule has 0 aliphatic heterocycles. The summed E-state index contributed by atoms with van der Waals surface area (Å²) in [6.07, 6.45) is -0.600. The van der Waals surface area contributed by atoms with Gasteiger partial charge >= 0.3 is 14.2 Å². The van der Waals surface area contributed by atoms with Gasteiger partial charge in [-0.25, -0.2) is 4.79 Å². The lowest BCUT2D eigenvalue weighted by atomic mass is 10.3. The number of hydrogen-bond acceptors (Lipinski definition) is 4. The van der Waals surface area contributed by atoms with E-state index in [-0.39, 0.29) is 12.2 Å². The van der Waals surface area contributed by atoms with Crippen LogP contribution >= 0.6 is 8.25 Å². The molecular weight excluding hydrogens is 195 g/mol. The van der Waals surface area contributed by atoms with Crippen LogP contribution in [0.1, 0.15) is 13.8 Å². The molecule has 0 aliphatic carbocycles. The molecule has 2 unspecified atom stereocenters. The highest BCUT2D eigenvalue weighted by atomic mass is 31.1. The Balaban J connectivity index is 3.70. The van der Waals surface area contributed by atoms with Crippen molar-refractivity contribution < 1.29 is 23.5 Å². The van der Waals surface area contributed by atoms with E-state index in [1.165, 1.54) is 13.8 Å². The Morgan fingerprint density at radius 3 is 2.62 bits per heavy atom. The quantitative estimate of drug-likeness (QED) is 0.416. The number of rotatable bonds is 5. The van der Waals surface area contributed by atoms with Crippen LogP contribution in [0.2, 0.25) is 0 Å². The fraction of sp³-hybridized carbons (Fsp3) is 0.571. The monoisotopic (exact) mass is 207 g/mol. The van der Waals surface area contributed by atoms with Gasteiger partial charge in [-0.1, -0.05) is 6.58 Å².